The van der Waals surface area contributed by atoms with Gasteiger partial charge in [0.15, 0.2) is 11.6 Å². The molecule has 1 amide bonds. The van der Waals surface area contributed by atoms with E-state index in [9.17, 15) is 4.79 Å². The molecular formula is C20H24FN9O. The molecule has 0 spiro atoms. The molecule has 0 saturated heterocycles. The number of halogens is 1. The molecule has 1 aliphatic rings. The molecule has 31 heavy (non-hydrogen) atoms. The highest BCUT2D eigenvalue weighted by molar-refractivity contribution is 5.99. The minimum absolute atomic E-state index is 0.0175. The molecule has 0 unspecified atom stereocenters. The van der Waals surface area contributed by atoms with Crippen LogP contribution in [-0.2, 0) is 0 Å². The molecule has 11 heteroatoms. The highest BCUT2D eigenvalue weighted by Crippen LogP contribution is 2.30. The summed E-state index contributed by atoms with van der Waals surface area (Å²) in [6.45, 7) is 1.81. The predicted octanol–water partition coefficient (Wildman–Crippen LogP) is 2.03. The molecule has 162 valence electrons. The van der Waals surface area contributed by atoms with Crippen LogP contribution in [0, 0.1) is 12.7 Å². The number of nitrogens with one attached hydrogen (secondary N) is 2. The fourth-order valence-electron chi connectivity index (χ4n) is 3.69. The van der Waals surface area contributed by atoms with Crippen molar-refractivity contribution in [1.82, 2.24) is 25.0 Å². The van der Waals surface area contributed by atoms with Crippen LogP contribution in [0.2, 0.25) is 0 Å². The summed E-state index contributed by atoms with van der Waals surface area (Å²) in [6, 6.07) is 1.52. The summed E-state index contributed by atoms with van der Waals surface area (Å²) in [7, 11) is 0. The molecular weight excluding hydrogens is 401 g/mol. The first-order valence-corrected chi connectivity index (χ1v) is 10.0. The van der Waals surface area contributed by atoms with E-state index in [1.165, 1.54) is 17.2 Å². The summed E-state index contributed by atoms with van der Waals surface area (Å²) >= 11 is 0. The second-order valence-electron chi connectivity index (χ2n) is 7.54. The van der Waals surface area contributed by atoms with Gasteiger partial charge in [-0.3, -0.25) is 9.78 Å². The lowest BCUT2D eigenvalue weighted by Crippen LogP contribution is -2.43. The zero-order valence-electron chi connectivity index (χ0n) is 17.0. The lowest BCUT2D eigenvalue weighted by Gasteiger charge is -2.30. The van der Waals surface area contributed by atoms with Crippen LogP contribution in [0.3, 0.4) is 0 Å². The number of aromatic nitrogens is 5. The lowest BCUT2D eigenvalue weighted by molar-refractivity contribution is 0.100. The van der Waals surface area contributed by atoms with E-state index < -0.39 is 11.7 Å². The quantitative estimate of drug-likeness (QED) is 0.468. The minimum Gasteiger partial charge on any atom is -0.365 e. The second kappa shape index (κ2) is 8.64. The number of rotatable bonds is 6. The number of amides is 1. The van der Waals surface area contributed by atoms with Crippen LogP contribution in [0.1, 0.15) is 41.7 Å². The molecule has 0 aromatic carbocycles. The Labute approximate surface area is 178 Å². The molecule has 3 heterocycles. The average molecular weight is 425 g/mol. The third kappa shape index (κ3) is 4.31. The van der Waals surface area contributed by atoms with Gasteiger partial charge < -0.3 is 22.1 Å². The minimum atomic E-state index is -0.802. The summed E-state index contributed by atoms with van der Waals surface area (Å²) in [5.74, 6) is -1.50. The van der Waals surface area contributed by atoms with Gasteiger partial charge in [-0.1, -0.05) is 12.8 Å². The molecule has 1 aliphatic carbocycles. The fourth-order valence-corrected chi connectivity index (χ4v) is 3.69. The summed E-state index contributed by atoms with van der Waals surface area (Å²) in [5, 5.41) is 14.2. The van der Waals surface area contributed by atoms with Crippen molar-refractivity contribution in [2.24, 2.45) is 11.5 Å². The van der Waals surface area contributed by atoms with Gasteiger partial charge in [-0.2, -0.15) is 10.2 Å². The topological polar surface area (TPSA) is 150 Å². The number of carbonyl (C=O) groups is 1. The number of nitrogens with zero attached hydrogens (tertiary/aromatic N) is 5. The van der Waals surface area contributed by atoms with E-state index in [4.69, 9.17) is 11.5 Å². The van der Waals surface area contributed by atoms with Crippen molar-refractivity contribution < 1.29 is 9.18 Å². The van der Waals surface area contributed by atoms with Crippen molar-refractivity contribution in [3.8, 4) is 5.69 Å². The van der Waals surface area contributed by atoms with Gasteiger partial charge in [0, 0.05) is 18.3 Å². The van der Waals surface area contributed by atoms with E-state index in [1.807, 2.05) is 0 Å². The number of hydrogen-bond acceptors (Lipinski definition) is 8. The van der Waals surface area contributed by atoms with Gasteiger partial charge in [-0.05, 0) is 25.8 Å². The van der Waals surface area contributed by atoms with Crippen LogP contribution in [-0.4, -0.2) is 43.0 Å². The van der Waals surface area contributed by atoms with Gasteiger partial charge in [0.25, 0.3) is 5.91 Å². The van der Waals surface area contributed by atoms with Gasteiger partial charge in [0.1, 0.15) is 5.69 Å². The fraction of sp³-hybridized carbons (Fsp3) is 0.350. The smallest absolute Gasteiger partial charge is 0.252 e. The molecule has 6 N–H and O–H groups in total. The zero-order chi connectivity index (χ0) is 22.0. The van der Waals surface area contributed by atoms with Gasteiger partial charge in [-0.15, -0.1) is 4.80 Å². The molecule has 0 radical (unpaired) electrons. The van der Waals surface area contributed by atoms with E-state index >= 15 is 4.39 Å². The number of hydrogen-bond donors (Lipinski definition) is 4. The van der Waals surface area contributed by atoms with Crippen LogP contribution >= 0.6 is 0 Å². The molecule has 2 atom stereocenters. The second-order valence-corrected chi connectivity index (χ2v) is 7.54. The van der Waals surface area contributed by atoms with E-state index in [-0.39, 0.29) is 29.2 Å². The number of aryl methyl sites for hydroxylation is 1. The summed E-state index contributed by atoms with van der Waals surface area (Å²) in [4.78, 5) is 21.7. The number of anilines is 3. The third-order valence-electron chi connectivity index (χ3n) is 5.39. The van der Waals surface area contributed by atoms with E-state index in [0.717, 1.165) is 25.7 Å². The summed E-state index contributed by atoms with van der Waals surface area (Å²) in [5.41, 5.74) is 13.2. The van der Waals surface area contributed by atoms with E-state index in [2.05, 4.69) is 30.8 Å². The first-order chi connectivity index (χ1) is 14.9. The zero-order valence-corrected chi connectivity index (χ0v) is 17.0. The van der Waals surface area contributed by atoms with Crippen LogP contribution in [0.4, 0.5) is 21.6 Å². The Morgan fingerprint density at radius 3 is 2.65 bits per heavy atom. The van der Waals surface area contributed by atoms with E-state index in [1.54, 1.807) is 25.4 Å². The molecule has 0 bridgehead atoms. The maximum atomic E-state index is 15.4. The van der Waals surface area contributed by atoms with Gasteiger partial charge in [-0.25, -0.2) is 9.37 Å². The number of nitrogens with two attached hydrogens (primary N) is 2. The Morgan fingerprint density at radius 2 is 1.94 bits per heavy atom. The predicted molar refractivity (Wildman–Crippen MR) is 114 cm³/mol. The van der Waals surface area contributed by atoms with Crippen molar-refractivity contribution >= 4 is 23.1 Å². The summed E-state index contributed by atoms with van der Waals surface area (Å²) in [6.07, 6.45) is 9.61. The molecule has 0 aliphatic heterocycles. The van der Waals surface area contributed by atoms with Crippen LogP contribution < -0.4 is 22.1 Å². The Kier molecular flexibility index (Phi) is 5.76. The molecule has 3 aromatic rings. The summed E-state index contributed by atoms with van der Waals surface area (Å²) < 4.78 is 15.4. The maximum absolute atomic E-state index is 15.4. The van der Waals surface area contributed by atoms with Gasteiger partial charge >= 0.3 is 0 Å². The highest BCUT2D eigenvalue weighted by atomic mass is 19.1. The normalized spacial score (nSPS) is 18.5. The number of primary amides is 1. The number of pyridine rings is 2. The third-order valence-corrected chi connectivity index (χ3v) is 5.39. The first-order valence-electron chi connectivity index (χ1n) is 10.0. The number of carbonyl (C=O) groups excluding carboxylic acids is 1. The largest absolute Gasteiger partial charge is 0.365 e. The van der Waals surface area contributed by atoms with Crippen LogP contribution in [0.25, 0.3) is 5.69 Å². The Morgan fingerprint density at radius 1 is 1.19 bits per heavy atom. The van der Waals surface area contributed by atoms with Crippen molar-refractivity contribution in [2.45, 2.75) is 44.7 Å². The Balaban J connectivity index is 1.68. The molecule has 1 fully saturated rings. The molecule has 4 rings (SSSR count). The van der Waals surface area contributed by atoms with Gasteiger partial charge in [0.2, 0.25) is 0 Å². The van der Waals surface area contributed by atoms with Crippen LogP contribution in [0.5, 0.6) is 0 Å². The van der Waals surface area contributed by atoms with E-state index in [0.29, 0.717) is 17.1 Å². The lowest BCUT2D eigenvalue weighted by atomic mass is 9.91. The monoisotopic (exact) mass is 425 g/mol. The van der Waals surface area contributed by atoms with Crippen molar-refractivity contribution in [2.75, 3.05) is 10.6 Å². The van der Waals surface area contributed by atoms with Crippen LogP contribution in [0.15, 0.2) is 30.9 Å². The standard InChI is InChI=1S/C20H24FN9O/c1-11-16(30-26-6-7-27-30)8-12(9-24-11)28-18-13(19(23)31)10-25-20(17(18)21)29-15-5-3-2-4-14(15)22/h6-10,14-15H,2-5,22H2,1H3,(H2,23,31)(H2,25,28,29)/t14-,15+/m0/s1. The van der Waals surface area contributed by atoms with Gasteiger partial charge in [0.05, 0.1) is 41.2 Å². The van der Waals surface area contributed by atoms with Crippen molar-refractivity contribution in [3.05, 3.63) is 47.9 Å². The molecule has 3 aromatic heterocycles. The highest BCUT2D eigenvalue weighted by Gasteiger charge is 2.25. The van der Waals surface area contributed by atoms with Crippen molar-refractivity contribution in [1.29, 1.82) is 0 Å². The molecule has 1 saturated carbocycles. The maximum Gasteiger partial charge on any atom is 0.252 e. The Hall–Kier alpha value is -3.60. The Bertz CT molecular complexity index is 1090. The first kappa shape index (κ1) is 20.7. The molecule has 10 nitrogen and oxygen atoms in total. The SMILES string of the molecule is Cc1ncc(Nc2c(C(N)=O)cnc(N[C@@H]3CCCC[C@@H]3N)c2F)cc1-n1nccn1. The van der Waals surface area contributed by atoms with Crippen molar-refractivity contribution in [3.63, 3.8) is 0 Å². The average Bonchev–Trinajstić information content (AvgIpc) is 3.28.